The highest BCUT2D eigenvalue weighted by atomic mass is 35.5. The van der Waals surface area contributed by atoms with E-state index < -0.39 is 10.0 Å². The van der Waals surface area contributed by atoms with E-state index in [2.05, 4.69) is 10.0 Å². The van der Waals surface area contributed by atoms with Crippen molar-refractivity contribution in [1.82, 2.24) is 14.9 Å². The number of nitrogens with one attached hydrogen (secondary N) is 2. The van der Waals surface area contributed by atoms with Crippen LogP contribution in [0, 0.1) is 11.3 Å². The van der Waals surface area contributed by atoms with E-state index in [4.69, 9.17) is 0 Å². The fourth-order valence-corrected chi connectivity index (χ4v) is 6.16. The molecule has 3 aliphatic rings. The Morgan fingerprint density at radius 3 is 2.64 bits per heavy atom. The van der Waals surface area contributed by atoms with E-state index in [9.17, 15) is 13.2 Å². The molecule has 146 valence electrons. The highest BCUT2D eigenvalue weighted by Crippen LogP contribution is 2.45. The van der Waals surface area contributed by atoms with Gasteiger partial charge in [0.15, 0.2) is 0 Å². The fraction of sp³-hybridized carbons (Fsp3) is 0.941. The third kappa shape index (κ3) is 4.49. The average Bonchev–Trinajstić information content (AvgIpc) is 2.99. The van der Waals surface area contributed by atoms with Crippen LogP contribution >= 0.6 is 12.4 Å². The predicted molar refractivity (Wildman–Crippen MR) is 101 cm³/mol. The number of rotatable bonds is 5. The number of sulfonamides is 1. The van der Waals surface area contributed by atoms with Gasteiger partial charge in [0.2, 0.25) is 15.9 Å². The lowest BCUT2D eigenvalue weighted by atomic mass is 9.67. The molecule has 2 atom stereocenters. The Morgan fingerprint density at radius 2 is 1.96 bits per heavy atom. The molecule has 1 saturated carbocycles. The van der Waals surface area contributed by atoms with Crippen LogP contribution in [0.3, 0.4) is 0 Å². The van der Waals surface area contributed by atoms with Gasteiger partial charge in [0, 0.05) is 25.7 Å². The summed E-state index contributed by atoms with van der Waals surface area (Å²) < 4.78 is 26.6. The van der Waals surface area contributed by atoms with Gasteiger partial charge >= 0.3 is 0 Å². The molecule has 2 saturated heterocycles. The minimum atomic E-state index is -3.17. The van der Waals surface area contributed by atoms with Crippen LogP contribution in [-0.4, -0.2) is 57.2 Å². The maximum atomic E-state index is 13.2. The topological polar surface area (TPSA) is 78.5 Å². The van der Waals surface area contributed by atoms with Gasteiger partial charge in [-0.2, -0.15) is 0 Å². The number of hydrogen-bond acceptors (Lipinski definition) is 4. The van der Waals surface area contributed by atoms with Crippen molar-refractivity contribution in [3.8, 4) is 0 Å². The van der Waals surface area contributed by atoms with Gasteiger partial charge in [-0.25, -0.2) is 13.1 Å². The molecule has 2 N–H and O–H groups in total. The molecule has 1 amide bonds. The van der Waals surface area contributed by atoms with Crippen LogP contribution in [0.1, 0.15) is 51.9 Å². The number of carbonyl (C=O) groups excluding carboxylic acids is 1. The number of halogens is 1. The van der Waals surface area contributed by atoms with E-state index in [-0.39, 0.29) is 29.6 Å². The zero-order valence-electron chi connectivity index (χ0n) is 15.1. The zero-order valence-corrected chi connectivity index (χ0v) is 16.8. The van der Waals surface area contributed by atoms with Crippen molar-refractivity contribution in [3.05, 3.63) is 0 Å². The van der Waals surface area contributed by atoms with Gasteiger partial charge in [0.1, 0.15) is 0 Å². The number of hydrogen-bond donors (Lipinski definition) is 2. The summed E-state index contributed by atoms with van der Waals surface area (Å²) in [5, 5.41) is 3.44. The molecule has 0 aromatic carbocycles. The summed E-state index contributed by atoms with van der Waals surface area (Å²) in [5.74, 6) is 0.981. The third-order valence-electron chi connectivity index (χ3n) is 6.07. The Hall–Kier alpha value is -0.370. The monoisotopic (exact) mass is 393 g/mol. The standard InChI is InChI=1S/C17H31N3O3S.ClH/c1-2-11-24(22,23)19-15-6-9-20(10-7-15)16(21)17-8-4-3-5-14(17)12-18-13-17;/h14-15,18-19H,2-13H2,1H3;1H/t14-,17+;/m0./s1. The van der Waals surface area contributed by atoms with Gasteiger partial charge in [-0.1, -0.05) is 19.8 Å². The van der Waals surface area contributed by atoms with Gasteiger partial charge in [-0.05, 0) is 44.6 Å². The summed E-state index contributed by atoms with van der Waals surface area (Å²) in [6.07, 6.45) is 6.63. The Balaban J connectivity index is 0.00000225. The second kappa shape index (κ2) is 8.55. The summed E-state index contributed by atoms with van der Waals surface area (Å²) >= 11 is 0. The maximum Gasteiger partial charge on any atom is 0.230 e. The van der Waals surface area contributed by atoms with Crippen molar-refractivity contribution in [3.63, 3.8) is 0 Å². The maximum absolute atomic E-state index is 13.2. The van der Waals surface area contributed by atoms with Crippen LogP contribution < -0.4 is 10.0 Å². The second-order valence-electron chi connectivity index (χ2n) is 7.73. The number of amides is 1. The minimum Gasteiger partial charge on any atom is -0.342 e. The van der Waals surface area contributed by atoms with E-state index in [1.165, 1.54) is 6.42 Å². The SMILES string of the molecule is CCCS(=O)(=O)NC1CCN(C(=O)[C@@]23CCCC[C@H]2CNC3)CC1.Cl. The quantitative estimate of drug-likeness (QED) is 0.742. The molecule has 2 heterocycles. The number of likely N-dealkylation sites (tertiary alicyclic amines) is 1. The van der Waals surface area contributed by atoms with Gasteiger partial charge in [0.25, 0.3) is 0 Å². The third-order valence-corrected chi connectivity index (χ3v) is 7.70. The van der Waals surface area contributed by atoms with E-state index in [0.717, 1.165) is 45.2 Å². The molecule has 3 rings (SSSR count). The van der Waals surface area contributed by atoms with Gasteiger partial charge in [0.05, 0.1) is 11.2 Å². The number of nitrogens with zero attached hydrogens (tertiary/aromatic N) is 1. The molecule has 6 nitrogen and oxygen atoms in total. The molecule has 1 aliphatic carbocycles. The molecule has 3 fully saturated rings. The van der Waals surface area contributed by atoms with Crippen molar-refractivity contribution < 1.29 is 13.2 Å². The van der Waals surface area contributed by atoms with Crippen LogP contribution in [0.2, 0.25) is 0 Å². The molecular formula is C17H32ClN3O3S. The Bertz CT molecular complexity index is 563. The van der Waals surface area contributed by atoms with Crippen LogP contribution in [0.4, 0.5) is 0 Å². The molecule has 0 spiro atoms. The van der Waals surface area contributed by atoms with E-state index in [1.54, 1.807) is 0 Å². The highest BCUT2D eigenvalue weighted by Gasteiger charge is 2.51. The van der Waals surface area contributed by atoms with Crippen molar-refractivity contribution >= 4 is 28.3 Å². The summed E-state index contributed by atoms with van der Waals surface area (Å²) in [7, 11) is -3.17. The lowest BCUT2D eigenvalue weighted by Gasteiger charge is -2.43. The number of carbonyl (C=O) groups is 1. The van der Waals surface area contributed by atoms with Gasteiger partial charge in [-0.15, -0.1) is 12.4 Å². The molecule has 25 heavy (non-hydrogen) atoms. The fourth-order valence-electron chi connectivity index (χ4n) is 4.77. The lowest BCUT2D eigenvalue weighted by molar-refractivity contribution is -0.146. The highest BCUT2D eigenvalue weighted by molar-refractivity contribution is 7.89. The second-order valence-corrected chi connectivity index (χ2v) is 9.61. The van der Waals surface area contributed by atoms with Crippen LogP contribution in [0.25, 0.3) is 0 Å². The molecule has 0 radical (unpaired) electrons. The van der Waals surface area contributed by atoms with Crippen molar-refractivity contribution in [2.45, 2.75) is 57.9 Å². The number of piperidine rings is 1. The summed E-state index contributed by atoms with van der Waals surface area (Å²) in [4.78, 5) is 15.2. The van der Waals surface area contributed by atoms with Crippen LogP contribution in [0.5, 0.6) is 0 Å². The Morgan fingerprint density at radius 1 is 1.24 bits per heavy atom. The van der Waals surface area contributed by atoms with Crippen molar-refractivity contribution in [1.29, 1.82) is 0 Å². The average molecular weight is 394 g/mol. The van der Waals surface area contributed by atoms with E-state index in [0.29, 0.717) is 31.3 Å². The van der Waals surface area contributed by atoms with E-state index in [1.807, 2.05) is 11.8 Å². The van der Waals surface area contributed by atoms with Crippen LogP contribution in [0.15, 0.2) is 0 Å². The first kappa shape index (κ1) is 20.9. The molecular weight excluding hydrogens is 362 g/mol. The normalized spacial score (nSPS) is 30.6. The smallest absolute Gasteiger partial charge is 0.230 e. The first-order valence-electron chi connectivity index (χ1n) is 9.47. The molecule has 0 aromatic rings. The van der Waals surface area contributed by atoms with Gasteiger partial charge in [-0.3, -0.25) is 4.79 Å². The largest absolute Gasteiger partial charge is 0.342 e. The summed E-state index contributed by atoms with van der Waals surface area (Å²) in [6, 6.07) is -0.0213. The number of fused-ring (bicyclic) bond motifs is 1. The predicted octanol–water partition coefficient (Wildman–Crippen LogP) is 1.51. The molecule has 0 bridgehead atoms. The molecule has 2 aliphatic heterocycles. The Kier molecular flexibility index (Phi) is 7.16. The molecule has 0 aromatic heterocycles. The van der Waals surface area contributed by atoms with Crippen molar-refractivity contribution in [2.24, 2.45) is 11.3 Å². The zero-order chi connectivity index (χ0) is 17.2. The lowest BCUT2D eigenvalue weighted by Crippen LogP contribution is -2.54. The van der Waals surface area contributed by atoms with Gasteiger partial charge < -0.3 is 10.2 Å². The first-order chi connectivity index (χ1) is 11.5. The Labute approximate surface area is 157 Å². The van der Waals surface area contributed by atoms with Crippen LogP contribution in [-0.2, 0) is 14.8 Å². The minimum absolute atomic E-state index is 0. The molecule has 0 unspecified atom stereocenters. The van der Waals surface area contributed by atoms with E-state index >= 15 is 0 Å². The molecule has 8 heteroatoms. The summed E-state index contributed by atoms with van der Waals surface area (Å²) in [6.45, 7) is 5.01. The first-order valence-corrected chi connectivity index (χ1v) is 11.1. The van der Waals surface area contributed by atoms with Crippen molar-refractivity contribution in [2.75, 3.05) is 31.9 Å². The summed E-state index contributed by atoms with van der Waals surface area (Å²) in [5.41, 5.74) is -0.188.